The molecule has 2 nitrogen and oxygen atoms in total. The minimum Gasteiger partial charge on any atom is -0.412 e. The highest BCUT2D eigenvalue weighted by Gasteiger charge is 2.46. The van der Waals surface area contributed by atoms with Gasteiger partial charge < -0.3 is 8.85 Å². The summed E-state index contributed by atoms with van der Waals surface area (Å²) in [5.74, 6) is 1.51. The van der Waals surface area contributed by atoms with E-state index in [2.05, 4.69) is 53.1 Å². The minimum atomic E-state index is -1.53. The van der Waals surface area contributed by atoms with Crippen LogP contribution in [-0.2, 0) is 8.85 Å². The van der Waals surface area contributed by atoms with Crippen LogP contribution in [0.1, 0.15) is 46.0 Å². The predicted molar refractivity (Wildman–Crippen MR) is 97.9 cm³/mol. The topological polar surface area (TPSA) is 18.5 Å². The summed E-state index contributed by atoms with van der Waals surface area (Å²) in [5.41, 5.74) is 0. The third-order valence-corrected chi connectivity index (χ3v) is 6.19. The van der Waals surface area contributed by atoms with Gasteiger partial charge in [0.2, 0.25) is 0 Å². The van der Waals surface area contributed by atoms with Gasteiger partial charge in [0.05, 0.1) is 12.2 Å². The largest absolute Gasteiger partial charge is 0.412 e. The zero-order valence-corrected chi connectivity index (χ0v) is 17.7. The second-order valence-electron chi connectivity index (χ2n) is 8.70. The van der Waals surface area contributed by atoms with Crippen molar-refractivity contribution >= 4 is 16.6 Å². The zero-order chi connectivity index (χ0) is 16.3. The Hall–Kier alpha value is 0.354. The predicted octanol–water partition coefficient (Wildman–Crippen LogP) is 5.66. The molecule has 1 fully saturated rings. The third-order valence-electron chi connectivity index (χ3n) is 4.21. The summed E-state index contributed by atoms with van der Waals surface area (Å²) in [4.78, 5) is 0. The first-order valence-corrected chi connectivity index (χ1v) is 15.7. The molecule has 0 spiro atoms. The Morgan fingerprint density at radius 1 is 0.810 bits per heavy atom. The van der Waals surface area contributed by atoms with Crippen molar-refractivity contribution in [3.8, 4) is 0 Å². The lowest BCUT2D eigenvalue weighted by Crippen LogP contribution is -2.44. The van der Waals surface area contributed by atoms with E-state index in [4.69, 9.17) is 8.85 Å². The first kappa shape index (κ1) is 19.4. The number of hydrogen-bond acceptors (Lipinski definition) is 2. The summed E-state index contributed by atoms with van der Waals surface area (Å²) in [5, 5.41) is 0. The van der Waals surface area contributed by atoms with Gasteiger partial charge in [-0.3, -0.25) is 0 Å². The van der Waals surface area contributed by atoms with Gasteiger partial charge in [-0.25, -0.2) is 0 Å². The maximum absolute atomic E-state index is 6.64. The molecule has 0 N–H and O–H groups in total. The summed E-state index contributed by atoms with van der Waals surface area (Å²) in [6, 6.07) is 0. The Morgan fingerprint density at radius 2 is 1.33 bits per heavy atom. The van der Waals surface area contributed by atoms with Crippen molar-refractivity contribution in [1.29, 1.82) is 0 Å². The summed E-state index contributed by atoms with van der Waals surface area (Å²) >= 11 is 0. The fourth-order valence-corrected chi connectivity index (χ4v) is 6.01. The zero-order valence-electron chi connectivity index (χ0n) is 15.7. The van der Waals surface area contributed by atoms with E-state index in [9.17, 15) is 0 Å². The second kappa shape index (κ2) is 7.76. The molecule has 4 unspecified atom stereocenters. The lowest BCUT2D eigenvalue weighted by Gasteiger charge is -2.35. The van der Waals surface area contributed by atoms with Crippen LogP contribution in [0.25, 0.3) is 0 Å². The van der Waals surface area contributed by atoms with Crippen molar-refractivity contribution in [2.75, 3.05) is 0 Å². The molecule has 0 aromatic heterocycles. The fourth-order valence-electron chi connectivity index (χ4n) is 3.73. The molecular weight excluding hydrogens is 292 g/mol. The molecule has 4 atom stereocenters. The van der Waals surface area contributed by atoms with Gasteiger partial charge in [-0.2, -0.15) is 0 Å². The van der Waals surface area contributed by atoms with Crippen LogP contribution in [0, 0.1) is 11.8 Å². The van der Waals surface area contributed by atoms with Crippen LogP contribution in [0.3, 0.4) is 0 Å². The third kappa shape index (κ3) is 6.55. The number of rotatable bonds is 8. The molecule has 0 aliphatic heterocycles. The summed E-state index contributed by atoms with van der Waals surface area (Å²) in [7, 11) is -3.04. The lowest BCUT2D eigenvalue weighted by atomic mass is 9.87. The molecule has 0 aromatic carbocycles. The standard InChI is InChI=1S/C17H38O2Si2/c1-9-11-14-13-16(18-20(3,4)5)17(15(14)12-10-2)19-21(6,7)8/h14-17H,9-13H2,1-8H3. The van der Waals surface area contributed by atoms with Crippen molar-refractivity contribution in [3.63, 3.8) is 0 Å². The molecule has 1 rings (SSSR count). The Bertz CT molecular complexity index is 307. The average molecular weight is 331 g/mol. The molecule has 1 saturated carbocycles. The molecular formula is C17H38O2Si2. The Balaban J connectivity index is 2.92. The smallest absolute Gasteiger partial charge is 0.184 e. The van der Waals surface area contributed by atoms with Gasteiger partial charge in [0.15, 0.2) is 16.6 Å². The lowest BCUT2D eigenvalue weighted by molar-refractivity contribution is 0.0395. The Morgan fingerprint density at radius 3 is 1.76 bits per heavy atom. The van der Waals surface area contributed by atoms with Crippen molar-refractivity contribution in [2.45, 2.75) is 97.4 Å². The van der Waals surface area contributed by atoms with E-state index in [-0.39, 0.29) is 0 Å². The molecule has 0 aromatic rings. The van der Waals surface area contributed by atoms with Gasteiger partial charge in [-0.05, 0) is 64.0 Å². The van der Waals surface area contributed by atoms with E-state index in [0.29, 0.717) is 18.1 Å². The monoisotopic (exact) mass is 330 g/mol. The number of hydrogen-bond donors (Lipinski definition) is 0. The van der Waals surface area contributed by atoms with Gasteiger partial charge in [0.1, 0.15) is 0 Å². The summed E-state index contributed by atoms with van der Waals surface area (Å²) < 4.78 is 13.2. The van der Waals surface area contributed by atoms with Gasteiger partial charge >= 0.3 is 0 Å². The molecule has 0 amide bonds. The minimum absolute atomic E-state index is 0.344. The van der Waals surface area contributed by atoms with Crippen molar-refractivity contribution < 1.29 is 8.85 Å². The van der Waals surface area contributed by atoms with Crippen LogP contribution >= 0.6 is 0 Å². The SMILES string of the molecule is CCCC1CC(O[Si](C)(C)C)C(O[Si](C)(C)C)C1CCC. The molecule has 4 heteroatoms. The quantitative estimate of drug-likeness (QED) is 0.534. The van der Waals surface area contributed by atoms with E-state index >= 15 is 0 Å². The molecule has 0 radical (unpaired) electrons. The first-order chi connectivity index (χ1) is 9.57. The first-order valence-electron chi connectivity index (χ1n) is 8.93. The second-order valence-corrected chi connectivity index (χ2v) is 17.6. The summed E-state index contributed by atoms with van der Waals surface area (Å²) in [6.45, 7) is 18.5. The maximum Gasteiger partial charge on any atom is 0.184 e. The molecule has 1 aliphatic carbocycles. The Kier molecular flexibility index (Phi) is 7.16. The van der Waals surface area contributed by atoms with E-state index in [0.717, 1.165) is 5.92 Å². The highest BCUT2D eigenvalue weighted by Crippen LogP contribution is 2.43. The molecule has 21 heavy (non-hydrogen) atoms. The van der Waals surface area contributed by atoms with Gasteiger partial charge in [-0.1, -0.05) is 33.1 Å². The molecule has 0 heterocycles. The van der Waals surface area contributed by atoms with E-state index < -0.39 is 16.6 Å². The van der Waals surface area contributed by atoms with Crippen LogP contribution in [0.2, 0.25) is 39.3 Å². The van der Waals surface area contributed by atoms with Crippen LogP contribution in [0.15, 0.2) is 0 Å². The fraction of sp³-hybridized carbons (Fsp3) is 1.00. The van der Waals surface area contributed by atoms with Gasteiger partial charge in [0.25, 0.3) is 0 Å². The molecule has 126 valence electrons. The van der Waals surface area contributed by atoms with E-state index in [1.54, 1.807) is 0 Å². The summed E-state index contributed by atoms with van der Waals surface area (Å²) in [6.07, 6.45) is 7.09. The van der Waals surface area contributed by atoms with Crippen LogP contribution in [0.4, 0.5) is 0 Å². The van der Waals surface area contributed by atoms with Crippen LogP contribution < -0.4 is 0 Å². The molecule has 1 aliphatic rings. The van der Waals surface area contributed by atoms with Gasteiger partial charge in [0, 0.05) is 0 Å². The molecule has 0 saturated heterocycles. The van der Waals surface area contributed by atoms with Crippen LogP contribution in [0.5, 0.6) is 0 Å². The van der Waals surface area contributed by atoms with Crippen molar-refractivity contribution in [2.24, 2.45) is 11.8 Å². The molecule has 0 bridgehead atoms. The average Bonchev–Trinajstić information content (AvgIpc) is 2.55. The van der Waals surface area contributed by atoms with Crippen molar-refractivity contribution in [3.05, 3.63) is 0 Å². The normalized spacial score (nSPS) is 30.9. The maximum atomic E-state index is 6.64. The van der Waals surface area contributed by atoms with E-state index in [1.165, 1.54) is 32.1 Å². The van der Waals surface area contributed by atoms with Crippen molar-refractivity contribution in [1.82, 2.24) is 0 Å². The van der Waals surface area contributed by atoms with Crippen LogP contribution in [-0.4, -0.2) is 28.8 Å². The highest BCUT2D eigenvalue weighted by molar-refractivity contribution is 6.70. The van der Waals surface area contributed by atoms with E-state index in [1.807, 2.05) is 0 Å². The van der Waals surface area contributed by atoms with Gasteiger partial charge in [-0.15, -0.1) is 0 Å². The Labute approximate surface area is 135 Å². The highest BCUT2D eigenvalue weighted by atomic mass is 28.4.